The summed E-state index contributed by atoms with van der Waals surface area (Å²) in [6.07, 6.45) is 1.73. The molecule has 4 heteroatoms. The maximum Gasteiger partial charge on any atom is 0.153 e. The molecule has 1 heterocycles. The molecule has 1 aliphatic heterocycles. The number of para-hydroxylation sites is 2. The van der Waals surface area contributed by atoms with Gasteiger partial charge >= 0.3 is 0 Å². The van der Waals surface area contributed by atoms with E-state index >= 15 is 0 Å². The van der Waals surface area contributed by atoms with Crippen molar-refractivity contribution in [2.45, 2.75) is 12.3 Å². The number of aldehydes is 1. The van der Waals surface area contributed by atoms with E-state index in [1.807, 2.05) is 30.3 Å². The van der Waals surface area contributed by atoms with Crippen LogP contribution < -0.4 is 9.47 Å². The lowest BCUT2D eigenvalue weighted by molar-refractivity contribution is 0.111. The predicted molar refractivity (Wildman–Crippen MR) is 84.3 cm³/mol. The number of ether oxygens (including phenoxy) is 2. The number of carbonyl (C=O) groups excluding carboxylic acids is 1. The van der Waals surface area contributed by atoms with Gasteiger partial charge in [-0.2, -0.15) is 0 Å². The molecule has 0 N–H and O–H groups in total. The number of halogens is 1. The molecular weight excluding hydrogens is 332 g/mol. The molecule has 0 saturated heterocycles. The molecule has 0 spiro atoms. The average Bonchev–Trinajstić information content (AvgIpc) is 2.53. The van der Waals surface area contributed by atoms with E-state index in [0.717, 1.165) is 22.9 Å². The number of hydrogen-bond donors (Lipinski definition) is 0. The van der Waals surface area contributed by atoms with Crippen molar-refractivity contribution >= 4 is 22.2 Å². The fourth-order valence-corrected chi connectivity index (χ4v) is 3.04. The Hall–Kier alpha value is -1.81. The minimum absolute atomic E-state index is 0.279. The van der Waals surface area contributed by atoms with Crippen LogP contribution in [0.2, 0.25) is 0 Å². The minimum Gasteiger partial charge on any atom is -0.493 e. The largest absolute Gasteiger partial charge is 0.493 e. The molecule has 0 aliphatic carbocycles. The monoisotopic (exact) mass is 346 g/mol. The van der Waals surface area contributed by atoms with Crippen LogP contribution in [0.1, 0.15) is 28.3 Å². The molecule has 21 heavy (non-hydrogen) atoms. The number of hydrogen-bond acceptors (Lipinski definition) is 3. The van der Waals surface area contributed by atoms with E-state index in [4.69, 9.17) is 9.47 Å². The van der Waals surface area contributed by atoms with Crippen molar-refractivity contribution in [3.63, 3.8) is 0 Å². The topological polar surface area (TPSA) is 35.5 Å². The van der Waals surface area contributed by atoms with Gasteiger partial charge < -0.3 is 9.47 Å². The molecular formula is C17H15BrO3. The molecule has 0 saturated carbocycles. The van der Waals surface area contributed by atoms with Gasteiger partial charge in [0.1, 0.15) is 11.5 Å². The van der Waals surface area contributed by atoms with Gasteiger partial charge in [0, 0.05) is 11.5 Å². The SMILES string of the molecule is O=Cc1cccc(Br)c1OCC1CCOc2ccccc21. The molecule has 0 fully saturated rings. The Morgan fingerprint density at radius 3 is 2.95 bits per heavy atom. The summed E-state index contributed by atoms with van der Waals surface area (Å²) in [6, 6.07) is 13.5. The second-order valence-electron chi connectivity index (χ2n) is 4.96. The van der Waals surface area contributed by atoms with E-state index in [1.165, 1.54) is 5.56 Å². The highest BCUT2D eigenvalue weighted by Gasteiger charge is 2.22. The predicted octanol–water partition coefficient (Wildman–Crippen LogP) is 4.21. The fraction of sp³-hybridized carbons (Fsp3) is 0.235. The smallest absolute Gasteiger partial charge is 0.153 e. The average molecular weight is 347 g/mol. The van der Waals surface area contributed by atoms with Crippen LogP contribution in [-0.2, 0) is 0 Å². The summed E-state index contributed by atoms with van der Waals surface area (Å²) in [4.78, 5) is 11.1. The van der Waals surface area contributed by atoms with E-state index in [-0.39, 0.29) is 5.92 Å². The van der Waals surface area contributed by atoms with Crippen LogP contribution >= 0.6 is 15.9 Å². The lowest BCUT2D eigenvalue weighted by Gasteiger charge is -2.26. The highest BCUT2D eigenvalue weighted by molar-refractivity contribution is 9.10. The number of benzene rings is 2. The van der Waals surface area contributed by atoms with Gasteiger partial charge in [-0.1, -0.05) is 24.3 Å². The van der Waals surface area contributed by atoms with Crippen LogP contribution in [0.25, 0.3) is 0 Å². The Kier molecular flexibility index (Phi) is 4.25. The summed E-state index contributed by atoms with van der Waals surface area (Å²) in [6.45, 7) is 1.23. The van der Waals surface area contributed by atoms with E-state index in [1.54, 1.807) is 6.07 Å². The maximum absolute atomic E-state index is 11.1. The molecule has 1 aliphatic rings. The van der Waals surface area contributed by atoms with Crippen molar-refractivity contribution < 1.29 is 14.3 Å². The molecule has 0 bridgehead atoms. The van der Waals surface area contributed by atoms with Gasteiger partial charge in [0.05, 0.1) is 23.2 Å². The third-order valence-corrected chi connectivity index (χ3v) is 4.26. The third-order valence-electron chi connectivity index (χ3n) is 3.64. The summed E-state index contributed by atoms with van der Waals surface area (Å²) in [5.41, 5.74) is 1.73. The van der Waals surface area contributed by atoms with Crippen LogP contribution in [0.5, 0.6) is 11.5 Å². The normalized spacial score (nSPS) is 16.7. The van der Waals surface area contributed by atoms with Crippen molar-refractivity contribution in [3.8, 4) is 11.5 Å². The zero-order valence-electron chi connectivity index (χ0n) is 11.4. The summed E-state index contributed by atoms with van der Waals surface area (Å²) < 4.78 is 12.4. The van der Waals surface area contributed by atoms with Gasteiger partial charge in [-0.05, 0) is 40.5 Å². The molecule has 1 unspecified atom stereocenters. The van der Waals surface area contributed by atoms with E-state index < -0.39 is 0 Å². The Morgan fingerprint density at radius 1 is 1.24 bits per heavy atom. The first-order valence-corrected chi connectivity index (χ1v) is 7.67. The van der Waals surface area contributed by atoms with Gasteiger partial charge in [-0.25, -0.2) is 0 Å². The minimum atomic E-state index is 0.279. The van der Waals surface area contributed by atoms with Crippen LogP contribution in [0.4, 0.5) is 0 Å². The summed E-state index contributed by atoms with van der Waals surface area (Å²) in [5.74, 6) is 1.82. The standard InChI is InChI=1S/C17H15BrO3/c18-15-6-3-4-12(10-19)17(15)21-11-13-8-9-20-16-7-2-1-5-14(13)16/h1-7,10,13H,8-9,11H2. The fourth-order valence-electron chi connectivity index (χ4n) is 2.54. The second kappa shape index (κ2) is 6.31. The van der Waals surface area contributed by atoms with E-state index in [9.17, 15) is 4.79 Å². The number of carbonyl (C=O) groups is 1. The Balaban J connectivity index is 1.79. The lowest BCUT2D eigenvalue weighted by atomic mass is 9.94. The molecule has 3 rings (SSSR count). The molecule has 3 nitrogen and oxygen atoms in total. The van der Waals surface area contributed by atoms with Crippen LogP contribution in [-0.4, -0.2) is 19.5 Å². The Bertz CT molecular complexity index is 654. The molecule has 0 amide bonds. The van der Waals surface area contributed by atoms with Gasteiger partial charge in [-0.3, -0.25) is 4.79 Å². The quantitative estimate of drug-likeness (QED) is 0.778. The summed E-state index contributed by atoms with van der Waals surface area (Å²) in [7, 11) is 0. The molecule has 0 radical (unpaired) electrons. The second-order valence-corrected chi connectivity index (χ2v) is 5.81. The summed E-state index contributed by atoms with van der Waals surface area (Å²) in [5, 5.41) is 0. The van der Waals surface area contributed by atoms with Gasteiger partial charge in [0.25, 0.3) is 0 Å². The summed E-state index contributed by atoms with van der Waals surface area (Å²) >= 11 is 3.44. The maximum atomic E-state index is 11.1. The van der Waals surface area contributed by atoms with E-state index in [0.29, 0.717) is 24.5 Å². The number of rotatable bonds is 4. The van der Waals surface area contributed by atoms with Crippen molar-refractivity contribution in [2.24, 2.45) is 0 Å². The first kappa shape index (κ1) is 14.1. The van der Waals surface area contributed by atoms with Gasteiger partial charge in [0.2, 0.25) is 0 Å². The molecule has 1 atom stereocenters. The van der Waals surface area contributed by atoms with Crippen molar-refractivity contribution in [1.29, 1.82) is 0 Å². The van der Waals surface area contributed by atoms with Crippen molar-refractivity contribution in [2.75, 3.05) is 13.2 Å². The van der Waals surface area contributed by atoms with Crippen LogP contribution in [0, 0.1) is 0 Å². The van der Waals surface area contributed by atoms with Crippen molar-refractivity contribution in [1.82, 2.24) is 0 Å². The van der Waals surface area contributed by atoms with Crippen LogP contribution in [0.15, 0.2) is 46.9 Å². The highest BCUT2D eigenvalue weighted by atomic mass is 79.9. The highest BCUT2D eigenvalue weighted by Crippen LogP contribution is 2.35. The molecule has 0 aromatic heterocycles. The Labute approximate surface area is 132 Å². The first-order chi connectivity index (χ1) is 10.3. The molecule has 108 valence electrons. The number of fused-ring (bicyclic) bond motifs is 1. The Morgan fingerprint density at radius 2 is 2.10 bits per heavy atom. The van der Waals surface area contributed by atoms with Crippen LogP contribution in [0.3, 0.4) is 0 Å². The third kappa shape index (κ3) is 2.95. The first-order valence-electron chi connectivity index (χ1n) is 6.88. The lowest BCUT2D eigenvalue weighted by Crippen LogP contribution is -2.20. The zero-order valence-corrected chi connectivity index (χ0v) is 13.0. The van der Waals surface area contributed by atoms with E-state index in [2.05, 4.69) is 22.0 Å². The molecule has 2 aromatic rings. The van der Waals surface area contributed by atoms with Gasteiger partial charge in [-0.15, -0.1) is 0 Å². The molecule has 2 aromatic carbocycles. The van der Waals surface area contributed by atoms with Gasteiger partial charge in [0.15, 0.2) is 6.29 Å². The van der Waals surface area contributed by atoms with Crippen molar-refractivity contribution in [3.05, 3.63) is 58.1 Å². The zero-order chi connectivity index (χ0) is 14.7.